The van der Waals surface area contributed by atoms with E-state index in [0.717, 1.165) is 0 Å². The van der Waals surface area contributed by atoms with E-state index in [-0.39, 0.29) is 16.7 Å². The Bertz CT molecular complexity index is 3620. The molecule has 9 aromatic carbocycles. The van der Waals surface area contributed by atoms with Gasteiger partial charge in [0.15, 0.2) is 0 Å². The van der Waals surface area contributed by atoms with Crippen molar-refractivity contribution in [2.45, 2.75) is 0 Å². The van der Waals surface area contributed by atoms with Gasteiger partial charge in [-0.05, 0) is 102 Å². The molecule has 0 atom stereocenters. The topological polar surface area (TPSA) is 3.24 Å². The molecular weight excluding hydrogens is 615 g/mol. The molecule has 9 rings (SSSR count). The monoisotopic (exact) mass is 668 g/mol. The molecule has 0 radical (unpaired) electrons. The standard InChI is InChI=1S/C50H35N/c1-3-12-36(13-4-1)37-22-29-43(30-23-37)51(44-31-24-41(25-32-44)47-21-11-18-38-16-7-9-19-46(38)47)45-33-26-42(27-34-45)50-48-20-10-8-17-40(48)28-35-49(50)39-14-5-2-6-15-39/h1-35H/i7D,9D,11D,16D,18D,19D,21D,22D,23D,24D,25D,26D,27D,29D,30D,31D,32D,33D,34D. The molecule has 1 nitrogen and oxygen atoms in total. The molecule has 0 unspecified atom stereocenters. The third-order valence-corrected chi connectivity index (χ3v) is 8.40. The Balaban J connectivity index is 1.42. The van der Waals surface area contributed by atoms with E-state index in [4.69, 9.17) is 9.60 Å². The van der Waals surface area contributed by atoms with Gasteiger partial charge in [-0.2, -0.15) is 0 Å². The first kappa shape index (κ1) is 16.3. The minimum absolute atomic E-state index is 0.156. The van der Waals surface area contributed by atoms with Gasteiger partial charge in [-0.15, -0.1) is 0 Å². The fourth-order valence-corrected chi connectivity index (χ4v) is 5.99. The lowest BCUT2D eigenvalue weighted by Gasteiger charge is -2.26. The third-order valence-electron chi connectivity index (χ3n) is 8.40. The van der Waals surface area contributed by atoms with E-state index < -0.39 is 154 Å². The van der Waals surface area contributed by atoms with Gasteiger partial charge in [-0.25, -0.2) is 0 Å². The fourth-order valence-electron chi connectivity index (χ4n) is 5.99. The quantitative estimate of drug-likeness (QED) is 0.163. The van der Waals surface area contributed by atoms with E-state index in [2.05, 4.69) is 0 Å². The molecule has 0 aliphatic rings. The summed E-state index contributed by atoms with van der Waals surface area (Å²) >= 11 is 0. The summed E-state index contributed by atoms with van der Waals surface area (Å²) in [5.41, 5.74) is -2.23. The second-order valence-electron chi connectivity index (χ2n) is 11.4. The molecule has 0 fully saturated rings. The molecule has 51 heavy (non-hydrogen) atoms. The summed E-state index contributed by atoms with van der Waals surface area (Å²) < 4.78 is 175. The number of rotatable bonds is 7. The molecule has 0 N–H and O–H groups in total. The lowest BCUT2D eigenvalue weighted by Crippen LogP contribution is -2.09. The van der Waals surface area contributed by atoms with Crippen LogP contribution in [0.15, 0.2) is 212 Å². The number of benzene rings is 9. The van der Waals surface area contributed by atoms with E-state index in [0.29, 0.717) is 32.4 Å². The Morgan fingerprint density at radius 3 is 1.55 bits per heavy atom. The van der Waals surface area contributed by atoms with Crippen LogP contribution in [0.25, 0.3) is 66.1 Å². The third kappa shape index (κ3) is 5.86. The number of nitrogens with zero attached hydrogens (tertiary/aromatic N) is 1. The van der Waals surface area contributed by atoms with Gasteiger partial charge in [0.05, 0.1) is 26.0 Å². The van der Waals surface area contributed by atoms with Crippen molar-refractivity contribution in [1.29, 1.82) is 0 Å². The fraction of sp³-hybridized carbons (Fsp3) is 0. The summed E-state index contributed by atoms with van der Waals surface area (Å²) in [5.74, 6) is 0. The van der Waals surface area contributed by atoms with Crippen molar-refractivity contribution in [3.05, 3.63) is 212 Å². The largest absolute Gasteiger partial charge is 0.311 e. The second kappa shape index (κ2) is 13.3. The summed E-state index contributed by atoms with van der Waals surface area (Å²) in [6.45, 7) is 0. The van der Waals surface area contributed by atoms with E-state index in [9.17, 15) is 16.4 Å². The zero-order chi connectivity index (χ0) is 50.5. The van der Waals surface area contributed by atoms with Gasteiger partial charge >= 0.3 is 0 Å². The highest BCUT2D eigenvalue weighted by Crippen LogP contribution is 2.41. The maximum Gasteiger partial charge on any atom is 0.0645 e. The van der Waals surface area contributed by atoms with Crippen molar-refractivity contribution in [1.82, 2.24) is 0 Å². The molecule has 0 heterocycles. The number of fused-ring (bicyclic) bond motifs is 2. The Kier molecular flexibility index (Phi) is 4.26. The van der Waals surface area contributed by atoms with Gasteiger partial charge in [-0.1, -0.05) is 176 Å². The summed E-state index contributed by atoms with van der Waals surface area (Å²) in [6, 6.07) is 12.5. The highest BCUT2D eigenvalue weighted by atomic mass is 15.1. The van der Waals surface area contributed by atoms with Crippen LogP contribution in [-0.2, 0) is 0 Å². The molecule has 1 heteroatoms. The lowest BCUT2D eigenvalue weighted by atomic mass is 9.89. The zero-order valence-electron chi connectivity index (χ0n) is 45.7. The maximum absolute atomic E-state index is 9.73. The molecule has 0 aliphatic carbocycles. The second-order valence-corrected chi connectivity index (χ2v) is 11.4. The van der Waals surface area contributed by atoms with Crippen LogP contribution < -0.4 is 4.90 Å². The van der Waals surface area contributed by atoms with Gasteiger partial charge in [0.25, 0.3) is 0 Å². The molecule has 0 saturated carbocycles. The number of hydrogen-bond acceptors (Lipinski definition) is 1. The molecule has 0 spiro atoms. The minimum atomic E-state index is -1.03. The Labute approximate surface area is 326 Å². The van der Waals surface area contributed by atoms with E-state index in [1.807, 2.05) is 30.3 Å². The van der Waals surface area contributed by atoms with Crippen LogP contribution in [0.2, 0.25) is 0 Å². The predicted octanol–water partition coefficient (Wildman–Crippen LogP) is 14.1. The molecule has 0 amide bonds. The summed E-state index contributed by atoms with van der Waals surface area (Å²) in [5, 5.41) is 0.231. The van der Waals surface area contributed by atoms with Crippen LogP contribution in [0, 0.1) is 0 Å². The van der Waals surface area contributed by atoms with Gasteiger partial charge in [0.1, 0.15) is 0 Å². The lowest BCUT2D eigenvalue weighted by molar-refractivity contribution is 1.28. The molecule has 0 saturated heterocycles. The first-order valence-electron chi connectivity index (χ1n) is 25.5. The summed E-state index contributed by atoms with van der Waals surface area (Å²) in [6.07, 6.45) is 0. The molecule has 9 aromatic rings. The maximum atomic E-state index is 9.73. The van der Waals surface area contributed by atoms with Crippen molar-refractivity contribution >= 4 is 38.6 Å². The van der Waals surface area contributed by atoms with Crippen LogP contribution in [0.4, 0.5) is 17.1 Å². The molecule has 0 aromatic heterocycles. The average molecular weight is 669 g/mol. The van der Waals surface area contributed by atoms with Crippen LogP contribution in [0.1, 0.15) is 26.0 Å². The predicted molar refractivity (Wildman–Crippen MR) is 218 cm³/mol. The molecule has 0 bridgehead atoms. The Hall–Kier alpha value is -6.70. The van der Waals surface area contributed by atoms with Crippen LogP contribution in [-0.4, -0.2) is 0 Å². The van der Waals surface area contributed by atoms with E-state index in [1.165, 1.54) is 0 Å². The highest BCUT2D eigenvalue weighted by Gasteiger charge is 2.16. The van der Waals surface area contributed by atoms with E-state index >= 15 is 0 Å². The highest BCUT2D eigenvalue weighted by molar-refractivity contribution is 6.04. The van der Waals surface area contributed by atoms with Crippen molar-refractivity contribution in [3.63, 3.8) is 0 Å². The van der Waals surface area contributed by atoms with Crippen molar-refractivity contribution in [3.8, 4) is 44.5 Å². The molecule has 240 valence electrons. The smallest absolute Gasteiger partial charge is 0.0645 e. The molecule has 0 aliphatic heterocycles. The first-order valence-corrected chi connectivity index (χ1v) is 16.0. The van der Waals surface area contributed by atoms with Crippen molar-refractivity contribution in [2.24, 2.45) is 0 Å². The van der Waals surface area contributed by atoms with Gasteiger partial charge in [0, 0.05) is 17.1 Å². The van der Waals surface area contributed by atoms with Crippen molar-refractivity contribution < 1.29 is 26.0 Å². The van der Waals surface area contributed by atoms with Crippen LogP contribution in [0.3, 0.4) is 0 Å². The normalized spacial score (nSPS) is 16.4. The van der Waals surface area contributed by atoms with Crippen LogP contribution in [0.5, 0.6) is 0 Å². The van der Waals surface area contributed by atoms with Crippen molar-refractivity contribution in [2.75, 3.05) is 4.90 Å². The van der Waals surface area contributed by atoms with Crippen LogP contribution >= 0.6 is 0 Å². The van der Waals surface area contributed by atoms with Gasteiger partial charge in [-0.3, -0.25) is 0 Å². The molecular formula is C50H35N. The zero-order valence-corrected chi connectivity index (χ0v) is 26.7. The Morgan fingerprint density at radius 2 is 0.863 bits per heavy atom. The number of anilines is 3. The van der Waals surface area contributed by atoms with E-state index in [1.54, 1.807) is 66.7 Å². The Morgan fingerprint density at radius 1 is 0.314 bits per heavy atom. The van der Waals surface area contributed by atoms with Gasteiger partial charge in [0.2, 0.25) is 0 Å². The first-order chi connectivity index (χ1) is 33.2. The SMILES string of the molecule is [2H]c1c([2H])c(N(c2c([2H])c([2H])c(-c3c(-c4ccccc4)ccc4ccccc34)c([2H])c2[2H])c2c([2H])c([2H])c(-c3c([2H])c([2H])c([2H])c4c([2H])c([2H])c([2H])c([2H])c34)c([2H])c2[2H])c([2H])c([2H])c1-c1ccccc1. The summed E-state index contributed by atoms with van der Waals surface area (Å²) in [4.78, 5) is 0.653. The average Bonchev–Trinajstić information content (AvgIpc) is 3.36. The minimum Gasteiger partial charge on any atom is -0.311 e. The van der Waals surface area contributed by atoms with Gasteiger partial charge < -0.3 is 4.90 Å². The number of hydrogen-bond donors (Lipinski definition) is 0. The summed E-state index contributed by atoms with van der Waals surface area (Å²) in [7, 11) is 0.